The van der Waals surface area contributed by atoms with E-state index >= 15 is 0 Å². The predicted molar refractivity (Wildman–Crippen MR) is 203 cm³/mol. The molecule has 0 unspecified atom stereocenters. The van der Waals surface area contributed by atoms with Crippen molar-refractivity contribution in [3.05, 3.63) is 102 Å². The fourth-order valence-corrected chi connectivity index (χ4v) is 5.54. The Kier molecular flexibility index (Phi) is 13.3. The Morgan fingerprint density at radius 2 is 1.49 bits per heavy atom. The van der Waals surface area contributed by atoms with Crippen molar-refractivity contribution in [3.63, 3.8) is 0 Å². The second-order valence-electron chi connectivity index (χ2n) is 13.8. The molecular weight excluding hydrogens is 670 g/mol. The van der Waals surface area contributed by atoms with Crippen LogP contribution in [0.5, 0.6) is 5.75 Å². The van der Waals surface area contributed by atoms with Crippen LogP contribution in [-0.2, 0) is 21.4 Å². The van der Waals surface area contributed by atoms with Crippen LogP contribution in [0.1, 0.15) is 81.3 Å². The zero-order valence-corrected chi connectivity index (χ0v) is 30.7. The highest BCUT2D eigenvalue weighted by Gasteiger charge is 2.23. The van der Waals surface area contributed by atoms with E-state index < -0.39 is 23.8 Å². The Balaban J connectivity index is 1.21. The molecule has 0 saturated carbocycles. The number of nitrogens with one attached hydrogen (secondary N) is 4. The highest BCUT2D eigenvalue weighted by molar-refractivity contribution is 5.99. The van der Waals surface area contributed by atoms with Gasteiger partial charge in [0.1, 0.15) is 11.8 Å². The van der Waals surface area contributed by atoms with Crippen molar-refractivity contribution in [1.82, 2.24) is 41.2 Å². The van der Waals surface area contributed by atoms with Crippen LogP contribution in [-0.4, -0.2) is 67.5 Å². The van der Waals surface area contributed by atoms with E-state index in [0.29, 0.717) is 11.4 Å². The van der Waals surface area contributed by atoms with Gasteiger partial charge in [-0.25, -0.2) is 9.97 Å². The average molecular weight is 718 g/mol. The molecule has 5 rings (SSSR count). The zero-order valence-electron chi connectivity index (χ0n) is 30.7. The topological polar surface area (TPSA) is 177 Å². The first kappa shape index (κ1) is 38.3. The first-order chi connectivity index (χ1) is 25.6. The molecule has 0 spiro atoms. The Labute approximate surface area is 309 Å². The molecule has 2 aromatic heterocycles. The van der Waals surface area contributed by atoms with E-state index in [1.54, 1.807) is 24.5 Å². The number of aromatic nitrogens is 6. The summed E-state index contributed by atoms with van der Waals surface area (Å²) < 4.78 is 5.90. The summed E-state index contributed by atoms with van der Waals surface area (Å²) in [7, 11) is 0. The molecule has 13 heteroatoms. The van der Waals surface area contributed by atoms with Crippen LogP contribution < -0.4 is 20.7 Å². The second kappa shape index (κ2) is 18.5. The highest BCUT2D eigenvalue weighted by atomic mass is 16.5. The fraction of sp³-hybridized carbons (Fsp3) is 0.350. The van der Waals surface area contributed by atoms with Gasteiger partial charge in [0.2, 0.25) is 11.8 Å². The monoisotopic (exact) mass is 717 g/mol. The standard InChI is InChI=1S/C40H47N9O4/c1-5-6-7-8-9-22-53-33-20-16-28(17-21-33)31-24-41-36(42-25-31)29-12-10-27(11-13-29)23-34(38(52)43-26-35(50)45-39-46-48-49-47-39)44-37(51)30-14-18-32(19-15-30)40(2,3)4/h10-21,24-25,34H,5-9,22-23,26H2,1-4H3,(H,43,52)(H,44,51)(H2,45,46,47,48,49,50)/t34-/m0/s1. The number of ether oxygens (including phenoxy) is 1. The predicted octanol–water partition coefficient (Wildman–Crippen LogP) is 6.07. The number of benzene rings is 3. The number of carbonyl (C=O) groups is 3. The van der Waals surface area contributed by atoms with E-state index in [9.17, 15) is 14.4 Å². The third kappa shape index (κ3) is 11.5. The minimum absolute atomic E-state index is 0.0191. The molecule has 53 heavy (non-hydrogen) atoms. The molecule has 1 atom stereocenters. The van der Waals surface area contributed by atoms with Crippen molar-refractivity contribution < 1.29 is 19.1 Å². The molecule has 0 bridgehead atoms. The van der Waals surface area contributed by atoms with Crippen LogP contribution in [0.4, 0.5) is 5.95 Å². The number of rotatable bonds is 17. The van der Waals surface area contributed by atoms with E-state index in [4.69, 9.17) is 4.74 Å². The largest absolute Gasteiger partial charge is 0.494 e. The zero-order chi connectivity index (χ0) is 37.6. The van der Waals surface area contributed by atoms with E-state index in [1.165, 1.54) is 25.7 Å². The lowest BCUT2D eigenvalue weighted by molar-refractivity contribution is -0.125. The van der Waals surface area contributed by atoms with Crippen LogP contribution in [0.2, 0.25) is 0 Å². The fourth-order valence-electron chi connectivity index (χ4n) is 5.54. The molecule has 0 aliphatic heterocycles. The van der Waals surface area contributed by atoms with Gasteiger partial charge in [-0.1, -0.05) is 107 Å². The summed E-state index contributed by atoms with van der Waals surface area (Å²) in [5.41, 5.74) is 4.88. The summed E-state index contributed by atoms with van der Waals surface area (Å²) in [6, 6.07) is 21.7. The van der Waals surface area contributed by atoms with Crippen molar-refractivity contribution in [3.8, 4) is 28.3 Å². The number of anilines is 1. The third-order valence-corrected chi connectivity index (χ3v) is 8.66. The third-order valence-electron chi connectivity index (χ3n) is 8.66. The minimum atomic E-state index is -0.980. The van der Waals surface area contributed by atoms with Gasteiger partial charge in [0.05, 0.1) is 13.2 Å². The maximum absolute atomic E-state index is 13.4. The molecule has 276 valence electrons. The molecule has 3 amide bonds. The van der Waals surface area contributed by atoms with Crippen molar-refractivity contribution in [2.45, 2.75) is 77.7 Å². The van der Waals surface area contributed by atoms with E-state index in [-0.39, 0.29) is 24.3 Å². The van der Waals surface area contributed by atoms with Gasteiger partial charge in [0.15, 0.2) is 5.82 Å². The molecule has 13 nitrogen and oxygen atoms in total. The molecule has 4 N–H and O–H groups in total. The van der Waals surface area contributed by atoms with Gasteiger partial charge in [-0.3, -0.25) is 19.7 Å². The summed E-state index contributed by atoms with van der Waals surface area (Å²) in [5, 5.41) is 20.8. The molecule has 2 heterocycles. The first-order valence-electron chi connectivity index (χ1n) is 18.0. The molecule has 0 aliphatic rings. The molecule has 3 aromatic carbocycles. The number of aromatic amines is 1. The molecule has 0 aliphatic carbocycles. The quantitative estimate of drug-likeness (QED) is 0.0832. The number of nitrogens with zero attached hydrogens (tertiary/aromatic N) is 5. The molecule has 0 saturated heterocycles. The Bertz CT molecular complexity index is 1910. The summed E-state index contributed by atoms with van der Waals surface area (Å²) in [4.78, 5) is 48.2. The van der Waals surface area contributed by atoms with Gasteiger partial charge >= 0.3 is 0 Å². The van der Waals surface area contributed by atoms with Gasteiger partial charge in [0.25, 0.3) is 11.9 Å². The lowest BCUT2D eigenvalue weighted by atomic mass is 9.86. The number of hydrogen-bond acceptors (Lipinski definition) is 9. The van der Waals surface area contributed by atoms with Crippen LogP contribution in [0.3, 0.4) is 0 Å². The number of carbonyl (C=O) groups excluding carboxylic acids is 3. The maximum Gasteiger partial charge on any atom is 0.269 e. The Hall–Kier alpha value is -5.98. The lowest BCUT2D eigenvalue weighted by Crippen LogP contribution is -2.49. The van der Waals surface area contributed by atoms with Crippen molar-refractivity contribution >= 4 is 23.7 Å². The SMILES string of the molecule is CCCCCCCOc1ccc(-c2cnc(-c3ccc(C[C@H](NC(=O)c4ccc(C(C)(C)C)cc4)C(=O)NCC(=O)Nc4nn[nH]n4)cc3)nc2)cc1. The molecular formula is C40H47N9O4. The average Bonchev–Trinajstić information content (AvgIpc) is 3.68. The minimum Gasteiger partial charge on any atom is -0.494 e. The molecule has 0 fully saturated rings. The lowest BCUT2D eigenvalue weighted by Gasteiger charge is -2.20. The maximum atomic E-state index is 13.4. The molecule has 0 radical (unpaired) electrons. The Morgan fingerprint density at radius 3 is 2.13 bits per heavy atom. The second-order valence-corrected chi connectivity index (χ2v) is 13.8. The van der Waals surface area contributed by atoms with Crippen LogP contribution in [0.15, 0.2) is 85.2 Å². The molecule has 5 aromatic rings. The van der Waals surface area contributed by atoms with Gasteiger partial charge < -0.3 is 15.4 Å². The van der Waals surface area contributed by atoms with Gasteiger partial charge in [-0.2, -0.15) is 5.21 Å². The number of H-pyrrole nitrogens is 1. The Morgan fingerprint density at radius 1 is 0.811 bits per heavy atom. The number of hydrogen-bond donors (Lipinski definition) is 4. The normalized spacial score (nSPS) is 11.8. The summed E-state index contributed by atoms with van der Waals surface area (Å²) >= 11 is 0. The van der Waals surface area contributed by atoms with Crippen LogP contribution >= 0.6 is 0 Å². The first-order valence-corrected chi connectivity index (χ1v) is 18.0. The summed E-state index contributed by atoms with van der Waals surface area (Å²) in [5.74, 6) is -0.106. The van der Waals surface area contributed by atoms with Crippen molar-refractivity contribution in [1.29, 1.82) is 0 Å². The van der Waals surface area contributed by atoms with Gasteiger partial charge in [0, 0.05) is 35.5 Å². The van der Waals surface area contributed by atoms with Gasteiger partial charge in [-0.15, -0.1) is 5.10 Å². The number of unbranched alkanes of at least 4 members (excludes halogenated alkanes) is 4. The number of amides is 3. The summed E-state index contributed by atoms with van der Waals surface area (Å²) in [6.45, 7) is 8.86. The van der Waals surface area contributed by atoms with Crippen molar-refractivity contribution in [2.24, 2.45) is 0 Å². The van der Waals surface area contributed by atoms with E-state index in [2.05, 4.69) is 74.2 Å². The highest BCUT2D eigenvalue weighted by Crippen LogP contribution is 2.24. The van der Waals surface area contributed by atoms with Gasteiger partial charge in [-0.05, 0) is 58.0 Å². The van der Waals surface area contributed by atoms with E-state index in [1.807, 2.05) is 60.7 Å². The van der Waals surface area contributed by atoms with E-state index in [0.717, 1.165) is 46.6 Å². The van der Waals surface area contributed by atoms with Crippen LogP contribution in [0, 0.1) is 0 Å². The summed E-state index contributed by atoms with van der Waals surface area (Å²) in [6.07, 6.45) is 9.75. The van der Waals surface area contributed by atoms with Crippen molar-refractivity contribution in [2.75, 3.05) is 18.5 Å². The number of tetrazole rings is 1. The smallest absolute Gasteiger partial charge is 0.269 e. The van der Waals surface area contributed by atoms with Crippen LogP contribution in [0.25, 0.3) is 22.5 Å².